The molecule has 0 saturated carbocycles. The lowest BCUT2D eigenvalue weighted by Crippen LogP contribution is -2.15. The maximum Gasteiger partial charge on any atom is 0.265 e. The normalized spacial score (nSPS) is 11.2. The smallest absolute Gasteiger partial charge is 0.265 e. The van der Waals surface area contributed by atoms with E-state index in [2.05, 4.69) is 21.9 Å². The second-order valence-electron chi connectivity index (χ2n) is 5.91. The van der Waals surface area contributed by atoms with E-state index in [4.69, 9.17) is 4.74 Å². The highest BCUT2D eigenvalue weighted by molar-refractivity contribution is 7.92. The maximum atomic E-state index is 12.7. The minimum atomic E-state index is -3.76. The zero-order valence-electron chi connectivity index (χ0n) is 15.1. The number of sulfonamides is 1. The van der Waals surface area contributed by atoms with Crippen LogP contribution in [0.5, 0.6) is 5.75 Å². The van der Waals surface area contributed by atoms with Gasteiger partial charge in [0.15, 0.2) is 0 Å². The molecule has 2 rings (SSSR count). The summed E-state index contributed by atoms with van der Waals surface area (Å²) in [6.07, 6.45) is 3.66. The van der Waals surface area contributed by atoms with Gasteiger partial charge in [-0.1, -0.05) is 13.3 Å². The Hall–Kier alpha value is -2.28. The molecular formula is C18H25N3O3S. The van der Waals surface area contributed by atoms with Crippen molar-refractivity contribution in [2.24, 2.45) is 0 Å². The fourth-order valence-electron chi connectivity index (χ4n) is 2.29. The van der Waals surface area contributed by atoms with E-state index in [1.165, 1.54) is 13.3 Å². The first kappa shape index (κ1) is 19.1. The third-order valence-corrected chi connectivity index (χ3v) is 5.32. The van der Waals surface area contributed by atoms with Crippen LogP contribution in [-0.4, -0.2) is 27.1 Å². The fraction of sp³-hybridized carbons (Fsp3) is 0.389. The first-order chi connectivity index (χ1) is 11.9. The quantitative estimate of drug-likeness (QED) is 0.699. The third kappa shape index (κ3) is 4.85. The van der Waals surface area contributed by atoms with Crippen molar-refractivity contribution >= 4 is 21.5 Å². The minimum absolute atomic E-state index is 0.114. The zero-order valence-corrected chi connectivity index (χ0v) is 15.9. The number of methoxy groups -OCH3 is 1. The number of pyridine rings is 1. The Bertz CT molecular complexity index is 818. The van der Waals surface area contributed by atoms with Gasteiger partial charge in [0, 0.05) is 6.54 Å². The average molecular weight is 363 g/mol. The number of aromatic nitrogens is 1. The number of benzene rings is 1. The number of unbranched alkanes of at least 4 members (excludes halogenated alkanes) is 1. The molecule has 0 aliphatic heterocycles. The van der Waals surface area contributed by atoms with Crippen LogP contribution in [-0.2, 0) is 10.0 Å². The lowest BCUT2D eigenvalue weighted by Gasteiger charge is -2.14. The molecule has 0 saturated heterocycles. The highest BCUT2D eigenvalue weighted by Crippen LogP contribution is 2.29. The van der Waals surface area contributed by atoms with Gasteiger partial charge >= 0.3 is 0 Å². The van der Waals surface area contributed by atoms with Crippen molar-refractivity contribution in [1.82, 2.24) is 4.98 Å². The van der Waals surface area contributed by atoms with E-state index in [0.29, 0.717) is 11.4 Å². The van der Waals surface area contributed by atoms with Crippen LogP contribution in [0.4, 0.5) is 11.5 Å². The number of hydrogen-bond acceptors (Lipinski definition) is 5. The van der Waals surface area contributed by atoms with Crippen LogP contribution in [0.25, 0.3) is 0 Å². The summed E-state index contributed by atoms with van der Waals surface area (Å²) in [6, 6.07) is 6.78. The molecule has 25 heavy (non-hydrogen) atoms. The van der Waals surface area contributed by atoms with Crippen molar-refractivity contribution in [2.75, 3.05) is 23.7 Å². The molecular weight excluding hydrogens is 338 g/mol. The molecule has 136 valence electrons. The molecule has 2 N–H and O–H groups in total. The average Bonchev–Trinajstić information content (AvgIpc) is 2.58. The summed E-state index contributed by atoms with van der Waals surface area (Å²) in [6.45, 7) is 6.74. The summed E-state index contributed by atoms with van der Waals surface area (Å²) < 4.78 is 33.2. The Morgan fingerprint density at radius 1 is 1.16 bits per heavy atom. The van der Waals surface area contributed by atoms with Gasteiger partial charge in [-0.05, 0) is 55.7 Å². The number of aryl methyl sites for hydroxylation is 2. The van der Waals surface area contributed by atoms with E-state index in [0.717, 1.165) is 36.3 Å². The van der Waals surface area contributed by atoms with Crippen LogP contribution in [0.2, 0.25) is 0 Å². The van der Waals surface area contributed by atoms with E-state index < -0.39 is 10.0 Å². The van der Waals surface area contributed by atoms with Gasteiger partial charge < -0.3 is 10.1 Å². The van der Waals surface area contributed by atoms with E-state index in [1.54, 1.807) is 24.3 Å². The molecule has 1 aromatic carbocycles. The molecule has 2 aromatic rings. The van der Waals surface area contributed by atoms with E-state index >= 15 is 0 Å². The van der Waals surface area contributed by atoms with Gasteiger partial charge in [0.05, 0.1) is 19.0 Å². The number of hydrogen-bond donors (Lipinski definition) is 2. The predicted octanol–water partition coefficient (Wildman–Crippen LogP) is 3.72. The van der Waals surface area contributed by atoms with Crippen LogP contribution in [0.15, 0.2) is 35.4 Å². The number of rotatable bonds is 8. The Kier molecular flexibility index (Phi) is 6.25. The van der Waals surface area contributed by atoms with Gasteiger partial charge in [-0.25, -0.2) is 13.4 Å². The molecule has 0 bridgehead atoms. The molecule has 1 aromatic heterocycles. The molecule has 6 nitrogen and oxygen atoms in total. The first-order valence-electron chi connectivity index (χ1n) is 8.25. The molecule has 0 radical (unpaired) electrons. The predicted molar refractivity (Wildman–Crippen MR) is 101 cm³/mol. The van der Waals surface area contributed by atoms with E-state index in [9.17, 15) is 8.42 Å². The Labute approximate surface area is 149 Å². The summed E-state index contributed by atoms with van der Waals surface area (Å²) in [5, 5.41) is 3.19. The van der Waals surface area contributed by atoms with Gasteiger partial charge in [-0.15, -0.1) is 0 Å². The Balaban J connectivity index is 2.20. The van der Waals surface area contributed by atoms with Crippen molar-refractivity contribution in [3.63, 3.8) is 0 Å². The van der Waals surface area contributed by atoms with Gasteiger partial charge in [0.1, 0.15) is 16.5 Å². The lowest BCUT2D eigenvalue weighted by molar-refractivity contribution is 0.402. The molecule has 0 aliphatic rings. The number of nitrogens with one attached hydrogen (secondary N) is 2. The van der Waals surface area contributed by atoms with Crippen LogP contribution in [0.1, 0.15) is 30.9 Å². The fourth-order valence-corrected chi connectivity index (χ4v) is 3.57. The van der Waals surface area contributed by atoms with Crippen LogP contribution < -0.4 is 14.8 Å². The summed E-state index contributed by atoms with van der Waals surface area (Å²) in [7, 11) is -2.30. The van der Waals surface area contributed by atoms with Crippen LogP contribution in [0, 0.1) is 13.8 Å². The third-order valence-electron chi connectivity index (χ3n) is 3.92. The molecule has 0 fully saturated rings. The zero-order chi connectivity index (χ0) is 18.4. The number of anilines is 2. The van der Waals surface area contributed by atoms with Crippen molar-refractivity contribution in [3.8, 4) is 5.75 Å². The summed E-state index contributed by atoms with van der Waals surface area (Å²) in [5.74, 6) is 1.04. The Morgan fingerprint density at radius 2 is 1.88 bits per heavy atom. The molecule has 0 spiro atoms. The summed E-state index contributed by atoms with van der Waals surface area (Å²) in [4.78, 5) is 4.35. The van der Waals surface area contributed by atoms with Gasteiger partial charge in [-0.2, -0.15) is 0 Å². The first-order valence-corrected chi connectivity index (χ1v) is 9.73. The number of nitrogens with zero attached hydrogens (tertiary/aromatic N) is 1. The molecule has 0 unspecified atom stereocenters. The van der Waals surface area contributed by atoms with Crippen LogP contribution >= 0.6 is 0 Å². The number of ether oxygens (including phenoxy) is 1. The van der Waals surface area contributed by atoms with Gasteiger partial charge in [-0.3, -0.25) is 4.72 Å². The van der Waals surface area contributed by atoms with E-state index in [1.807, 2.05) is 13.8 Å². The van der Waals surface area contributed by atoms with Gasteiger partial charge in [0.25, 0.3) is 10.0 Å². The molecule has 0 aliphatic carbocycles. The monoisotopic (exact) mass is 363 g/mol. The SMILES string of the molecule is CCCCNc1ccc(NS(=O)(=O)c2cc(C)c(C)cc2OC)cn1. The highest BCUT2D eigenvalue weighted by Gasteiger charge is 2.21. The van der Waals surface area contributed by atoms with Crippen molar-refractivity contribution < 1.29 is 13.2 Å². The molecule has 7 heteroatoms. The van der Waals surface area contributed by atoms with Crippen molar-refractivity contribution in [1.29, 1.82) is 0 Å². The molecule has 0 atom stereocenters. The lowest BCUT2D eigenvalue weighted by atomic mass is 10.1. The van der Waals surface area contributed by atoms with E-state index in [-0.39, 0.29) is 4.90 Å². The molecule has 1 heterocycles. The Morgan fingerprint density at radius 3 is 2.48 bits per heavy atom. The van der Waals surface area contributed by atoms with Crippen molar-refractivity contribution in [2.45, 2.75) is 38.5 Å². The van der Waals surface area contributed by atoms with Crippen LogP contribution in [0.3, 0.4) is 0 Å². The largest absolute Gasteiger partial charge is 0.495 e. The summed E-state index contributed by atoms with van der Waals surface area (Å²) in [5.41, 5.74) is 2.26. The second-order valence-corrected chi connectivity index (χ2v) is 7.56. The maximum absolute atomic E-state index is 12.7. The highest BCUT2D eigenvalue weighted by atomic mass is 32.2. The van der Waals surface area contributed by atoms with Crippen molar-refractivity contribution in [3.05, 3.63) is 41.6 Å². The van der Waals surface area contributed by atoms with Gasteiger partial charge in [0.2, 0.25) is 0 Å². The summed E-state index contributed by atoms with van der Waals surface area (Å²) >= 11 is 0. The second kappa shape index (κ2) is 8.20. The standard InChI is InChI=1S/C18H25N3O3S/c1-5-6-9-19-18-8-7-15(12-20-18)21-25(22,23)17-11-14(3)13(2)10-16(17)24-4/h7-8,10-12,21H,5-6,9H2,1-4H3,(H,19,20). The minimum Gasteiger partial charge on any atom is -0.495 e. The molecule has 0 amide bonds. The topological polar surface area (TPSA) is 80.3 Å².